The van der Waals surface area contributed by atoms with Crippen molar-refractivity contribution in [3.05, 3.63) is 47.1 Å². The molecule has 1 aliphatic carbocycles. The number of aliphatic hydroxyl groups is 1. The number of carbonyl (C=O) groups excluding carboxylic acids is 2. The first-order valence-electron chi connectivity index (χ1n) is 14.3. The van der Waals surface area contributed by atoms with Crippen molar-refractivity contribution >= 4 is 11.9 Å². The normalized spacial score (nSPS) is 41.9. The zero-order valence-electron chi connectivity index (χ0n) is 24.2. The molecule has 0 radical (unpaired) electrons. The van der Waals surface area contributed by atoms with Crippen molar-refractivity contribution in [3.8, 4) is 11.5 Å². The summed E-state index contributed by atoms with van der Waals surface area (Å²) in [5, 5.41) is 22.4. The fourth-order valence-electron chi connectivity index (χ4n) is 8.01. The van der Waals surface area contributed by atoms with Crippen LogP contribution in [0.4, 0.5) is 0 Å². The van der Waals surface area contributed by atoms with Crippen molar-refractivity contribution < 1.29 is 38.7 Å². The number of allylic oxidation sites excluding steroid dienone is 1. The van der Waals surface area contributed by atoms with Gasteiger partial charge < -0.3 is 29.2 Å². The Morgan fingerprint density at radius 2 is 1.73 bits per heavy atom. The van der Waals surface area contributed by atoms with Gasteiger partial charge in [0.25, 0.3) is 5.79 Å². The largest absolute Gasteiger partial charge is 0.508 e. The van der Waals surface area contributed by atoms with Gasteiger partial charge in [-0.1, -0.05) is 26.0 Å². The topological polar surface area (TPSA) is 112 Å². The summed E-state index contributed by atoms with van der Waals surface area (Å²) >= 11 is 0. The predicted octanol–water partition coefficient (Wildman–Crippen LogP) is 4.82. The zero-order chi connectivity index (χ0) is 28.9. The fourth-order valence-corrected chi connectivity index (χ4v) is 8.01. The molecular weight excluding hydrogens is 512 g/mol. The van der Waals surface area contributed by atoms with Crippen molar-refractivity contribution in [2.75, 3.05) is 0 Å². The van der Waals surface area contributed by atoms with Gasteiger partial charge in [-0.3, -0.25) is 4.79 Å². The van der Waals surface area contributed by atoms with E-state index in [0.29, 0.717) is 37.0 Å². The summed E-state index contributed by atoms with van der Waals surface area (Å²) in [5.41, 5.74) is -0.654. The van der Waals surface area contributed by atoms with Crippen LogP contribution in [0.1, 0.15) is 77.8 Å². The van der Waals surface area contributed by atoms with Gasteiger partial charge in [0.05, 0.1) is 11.7 Å². The number of carbonyl (C=O) groups is 2. The molecule has 1 aromatic carbocycles. The Bertz CT molecular complexity index is 1340. The van der Waals surface area contributed by atoms with E-state index in [9.17, 15) is 19.8 Å². The van der Waals surface area contributed by atoms with Crippen LogP contribution < -0.4 is 4.74 Å². The van der Waals surface area contributed by atoms with Gasteiger partial charge >= 0.3 is 11.9 Å². The van der Waals surface area contributed by atoms with Crippen molar-refractivity contribution in [3.63, 3.8) is 0 Å². The molecule has 6 rings (SSSR count). The highest BCUT2D eigenvalue weighted by atomic mass is 16.8. The Kier molecular flexibility index (Phi) is 5.87. The van der Waals surface area contributed by atoms with Gasteiger partial charge in [-0.2, -0.15) is 0 Å². The molecule has 0 aromatic heterocycles. The van der Waals surface area contributed by atoms with Crippen molar-refractivity contribution in [2.45, 2.75) is 109 Å². The number of aryl methyl sites for hydroxylation is 1. The van der Waals surface area contributed by atoms with Crippen LogP contribution in [0, 0.1) is 24.2 Å². The summed E-state index contributed by atoms with van der Waals surface area (Å²) < 4.78 is 25.2. The molecule has 8 nitrogen and oxygen atoms in total. The maximum absolute atomic E-state index is 12.8. The van der Waals surface area contributed by atoms with E-state index < -0.39 is 40.6 Å². The van der Waals surface area contributed by atoms with Gasteiger partial charge in [-0.15, -0.1) is 0 Å². The van der Waals surface area contributed by atoms with Gasteiger partial charge in [-0.05, 0) is 87.5 Å². The molecule has 0 spiro atoms. The minimum atomic E-state index is -1.54. The predicted molar refractivity (Wildman–Crippen MR) is 145 cm³/mol. The van der Waals surface area contributed by atoms with Crippen molar-refractivity contribution in [2.24, 2.45) is 17.3 Å². The van der Waals surface area contributed by atoms with E-state index in [2.05, 4.69) is 26.0 Å². The smallest absolute Gasteiger partial charge is 0.333 e. The van der Waals surface area contributed by atoms with Crippen molar-refractivity contribution in [1.29, 1.82) is 0 Å². The van der Waals surface area contributed by atoms with E-state index in [-0.39, 0.29) is 29.4 Å². The zero-order valence-corrected chi connectivity index (χ0v) is 24.2. The summed E-state index contributed by atoms with van der Waals surface area (Å²) in [6.07, 6.45) is 7.30. The van der Waals surface area contributed by atoms with Gasteiger partial charge in [-0.25, -0.2) is 4.79 Å². The van der Waals surface area contributed by atoms with Crippen LogP contribution in [0.3, 0.4) is 0 Å². The van der Waals surface area contributed by atoms with E-state index in [0.717, 1.165) is 17.5 Å². The Morgan fingerprint density at radius 3 is 2.48 bits per heavy atom. The van der Waals surface area contributed by atoms with E-state index in [1.54, 1.807) is 19.1 Å². The molecule has 8 heteroatoms. The highest BCUT2D eigenvalue weighted by Crippen LogP contribution is 2.60. The number of ether oxygens (including phenoxy) is 4. The van der Waals surface area contributed by atoms with Gasteiger partial charge in [0.15, 0.2) is 5.60 Å². The summed E-state index contributed by atoms with van der Waals surface area (Å²) in [6.45, 7) is 12.1. The molecular formula is C32H40O8. The highest BCUT2D eigenvalue weighted by Gasteiger charge is 2.73. The standard InChI is InChI=1S/C32H40O8/c1-18-10-22(33)14-24-23(18)12-21-15-28(3,4)8-7-9-29(5)20(13-25(34)30(21,6)37-24)16-31-19(2)11-26(35)39-32(31,40-29)17-27(36)38-31/h7-8,10-11,14,20-21,25,33-34H,9,12-13,15-17H2,1-6H3/t20-,21+,25+,29+,30+,31+,32-/m1/s1. The number of hydrogen-bond acceptors (Lipinski definition) is 8. The minimum Gasteiger partial charge on any atom is -0.508 e. The number of esters is 2. The lowest BCUT2D eigenvalue weighted by Crippen LogP contribution is -2.68. The van der Waals surface area contributed by atoms with Gasteiger partial charge in [0.1, 0.15) is 23.5 Å². The molecule has 7 atom stereocenters. The first kappa shape index (κ1) is 27.3. The number of phenolic OH excluding ortho intramolecular Hbond substituents is 1. The van der Waals surface area contributed by atoms with Crippen LogP contribution in [0.2, 0.25) is 0 Å². The molecule has 0 saturated carbocycles. The fraction of sp³-hybridized carbons (Fsp3) is 0.625. The average Bonchev–Trinajstić information content (AvgIpc) is 3.10. The summed E-state index contributed by atoms with van der Waals surface area (Å²) in [7, 11) is 0. The molecule has 2 fully saturated rings. The number of aromatic hydroxyl groups is 1. The van der Waals surface area contributed by atoms with Gasteiger partial charge in [0, 0.05) is 24.5 Å². The lowest BCUT2D eigenvalue weighted by atomic mass is 9.64. The number of benzene rings is 1. The first-order chi connectivity index (χ1) is 18.6. The maximum Gasteiger partial charge on any atom is 0.333 e. The first-order valence-corrected chi connectivity index (χ1v) is 14.3. The molecule has 0 unspecified atom stereocenters. The summed E-state index contributed by atoms with van der Waals surface area (Å²) in [6, 6.07) is 3.39. The van der Waals surface area contributed by atoms with Crippen LogP contribution in [-0.4, -0.2) is 50.8 Å². The molecule has 2 saturated heterocycles. The van der Waals surface area contributed by atoms with Crippen molar-refractivity contribution in [1.82, 2.24) is 0 Å². The lowest BCUT2D eigenvalue weighted by Gasteiger charge is -2.57. The van der Waals surface area contributed by atoms with Crippen LogP contribution >= 0.6 is 0 Å². The Hall–Kier alpha value is -2.84. The Labute approximate surface area is 235 Å². The van der Waals surface area contributed by atoms with E-state index >= 15 is 0 Å². The third-order valence-electron chi connectivity index (χ3n) is 10.4. The molecule has 216 valence electrons. The molecule has 0 amide bonds. The average molecular weight is 553 g/mol. The number of aliphatic hydroxyl groups excluding tert-OH is 1. The van der Waals surface area contributed by atoms with Gasteiger partial charge in [0.2, 0.25) is 0 Å². The molecule has 0 bridgehead atoms. The van der Waals surface area contributed by atoms with E-state index in [1.165, 1.54) is 6.08 Å². The number of phenols is 1. The molecule has 2 N–H and O–H groups in total. The molecule has 1 aromatic rings. The maximum atomic E-state index is 12.8. The van der Waals surface area contributed by atoms with Crippen LogP contribution in [-0.2, 0) is 30.2 Å². The second-order valence-corrected chi connectivity index (χ2v) is 13.8. The molecule has 4 heterocycles. The third-order valence-corrected chi connectivity index (χ3v) is 10.4. The highest BCUT2D eigenvalue weighted by molar-refractivity contribution is 5.87. The molecule has 5 aliphatic rings. The van der Waals surface area contributed by atoms with E-state index in [4.69, 9.17) is 18.9 Å². The SMILES string of the molecule is CC1=CC(=O)O[C@@]23CC(=O)O[C@@]12C[C@H]1C[C@H](O)[C@@]2(C)Oc4cc(O)cc(C)c4C[C@H]2CC(C)(C)C=CC[C@]1(C)O3. The second kappa shape index (κ2) is 8.58. The number of hydrogen-bond donors (Lipinski definition) is 2. The molecule has 40 heavy (non-hydrogen) atoms. The Morgan fingerprint density at radius 1 is 0.975 bits per heavy atom. The van der Waals surface area contributed by atoms with Crippen LogP contribution in [0.15, 0.2) is 35.9 Å². The number of rotatable bonds is 0. The van der Waals surface area contributed by atoms with E-state index in [1.807, 2.05) is 20.8 Å². The quantitative estimate of drug-likeness (QED) is 0.348. The lowest BCUT2D eigenvalue weighted by molar-refractivity contribution is -0.352. The third kappa shape index (κ3) is 3.93. The minimum absolute atomic E-state index is 0.00872. The summed E-state index contributed by atoms with van der Waals surface area (Å²) in [5.74, 6) is -2.11. The molecule has 4 aliphatic heterocycles. The van der Waals surface area contributed by atoms with Crippen LogP contribution in [0.5, 0.6) is 11.5 Å². The summed E-state index contributed by atoms with van der Waals surface area (Å²) in [4.78, 5) is 25.3. The second-order valence-electron chi connectivity index (χ2n) is 13.8. The number of fused-ring (bicyclic) bond motifs is 3. The van der Waals surface area contributed by atoms with Crippen LogP contribution in [0.25, 0.3) is 0 Å². The Balaban J connectivity index is 1.45. The monoisotopic (exact) mass is 552 g/mol.